The molecule has 0 amide bonds. The van der Waals surface area contributed by atoms with Crippen LogP contribution in [0, 0.1) is 5.82 Å². The molecule has 2 N–H and O–H groups in total. The summed E-state index contributed by atoms with van der Waals surface area (Å²) in [4.78, 5) is 2.27. The molecule has 0 spiro atoms. The molecule has 0 unspecified atom stereocenters. The number of benzene rings is 1. The first-order valence-corrected chi connectivity index (χ1v) is 6.20. The highest BCUT2D eigenvalue weighted by atomic mass is 19.1. The van der Waals surface area contributed by atoms with Crippen molar-refractivity contribution < 1.29 is 13.9 Å². The first-order chi connectivity index (χ1) is 8.78. The zero-order valence-corrected chi connectivity index (χ0v) is 10.4. The van der Waals surface area contributed by atoms with E-state index in [4.69, 9.17) is 15.2 Å². The van der Waals surface area contributed by atoms with Gasteiger partial charge in [0, 0.05) is 32.2 Å². The molecule has 4 nitrogen and oxygen atoms in total. The molecule has 0 saturated carbocycles. The fourth-order valence-corrected chi connectivity index (χ4v) is 1.94. The number of morpholine rings is 1. The van der Waals surface area contributed by atoms with Crippen LogP contribution in [0.25, 0.3) is 0 Å². The van der Waals surface area contributed by atoms with Gasteiger partial charge in [0.05, 0.1) is 13.2 Å². The van der Waals surface area contributed by atoms with Crippen molar-refractivity contribution in [3.05, 3.63) is 29.6 Å². The summed E-state index contributed by atoms with van der Waals surface area (Å²) in [5.74, 6) is 0.239. The molecule has 1 saturated heterocycles. The Labute approximate surface area is 106 Å². The average Bonchev–Trinajstić information content (AvgIpc) is 2.39. The van der Waals surface area contributed by atoms with Crippen molar-refractivity contribution in [1.29, 1.82) is 0 Å². The molecular weight excluding hydrogens is 235 g/mol. The Morgan fingerprint density at radius 3 is 2.78 bits per heavy atom. The van der Waals surface area contributed by atoms with Crippen LogP contribution in [0.2, 0.25) is 0 Å². The SMILES string of the molecule is NCc1cc(F)cc(OCCN2CCOCC2)c1. The molecule has 0 atom stereocenters. The summed E-state index contributed by atoms with van der Waals surface area (Å²) in [6.45, 7) is 5.11. The van der Waals surface area contributed by atoms with Crippen LogP contribution in [-0.2, 0) is 11.3 Å². The zero-order chi connectivity index (χ0) is 12.8. The van der Waals surface area contributed by atoms with Crippen LogP contribution in [0.3, 0.4) is 0 Å². The predicted molar refractivity (Wildman–Crippen MR) is 67.0 cm³/mol. The fourth-order valence-electron chi connectivity index (χ4n) is 1.94. The normalized spacial score (nSPS) is 16.8. The largest absolute Gasteiger partial charge is 0.492 e. The van der Waals surface area contributed by atoms with Gasteiger partial charge in [-0.1, -0.05) is 0 Å². The highest BCUT2D eigenvalue weighted by Crippen LogP contribution is 2.16. The quantitative estimate of drug-likeness (QED) is 0.851. The van der Waals surface area contributed by atoms with Gasteiger partial charge >= 0.3 is 0 Å². The Balaban J connectivity index is 1.80. The molecule has 1 fully saturated rings. The molecule has 2 rings (SSSR count). The number of ether oxygens (including phenoxy) is 2. The number of hydrogen-bond acceptors (Lipinski definition) is 4. The Morgan fingerprint density at radius 2 is 2.06 bits per heavy atom. The van der Waals surface area contributed by atoms with Gasteiger partial charge in [0.1, 0.15) is 18.2 Å². The number of nitrogens with zero attached hydrogens (tertiary/aromatic N) is 1. The summed E-state index contributed by atoms with van der Waals surface area (Å²) in [6, 6.07) is 4.59. The van der Waals surface area contributed by atoms with Crippen LogP contribution < -0.4 is 10.5 Å². The molecule has 100 valence electrons. The fraction of sp³-hybridized carbons (Fsp3) is 0.538. The van der Waals surface area contributed by atoms with E-state index in [2.05, 4.69) is 4.90 Å². The maximum Gasteiger partial charge on any atom is 0.127 e. The minimum atomic E-state index is -0.306. The molecule has 1 aromatic rings. The van der Waals surface area contributed by atoms with E-state index in [1.54, 1.807) is 6.07 Å². The first-order valence-electron chi connectivity index (χ1n) is 6.20. The van der Waals surface area contributed by atoms with Crippen molar-refractivity contribution >= 4 is 0 Å². The molecule has 1 aliphatic rings. The molecule has 0 aromatic heterocycles. The van der Waals surface area contributed by atoms with Gasteiger partial charge in [-0.3, -0.25) is 4.90 Å². The van der Waals surface area contributed by atoms with Gasteiger partial charge < -0.3 is 15.2 Å². The maximum absolute atomic E-state index is 13.2. The van der Waals surface area contributed by atoms with Gasteiger partial charge in [-0.05, 0) is 17.7 Å². The minimum Gasteiger partial charge on any atom is -0.492 e. The number of rotatable bonds is 5. The molecule has 1 aromatic carbocycles. The Morgan fingerprint density at radius 1 is 1.28 bits per heavy atom. The van der Waals surface area contributed by atoms with E-state index in [9.17, 15) is 4.39 Å². The Kier molecular flexibility index (Phi) is 4.92. The lowest BCUT2D eigenvalue weighted by Crippen LogP contribution is -2.38. The van der Waals surface area contributed by atoms with Gasteiger partial charge in [0.2, 0.25) is 0 Å². The first kappa shape index (κ1) is 13.3. The van der Waals surface area contributed by atoms with Crippen molar-refractivity contribution in [2.75, 3.05) is 39.5 Å². The van der Waals surface area contributed by atoms with E-state index in [0.717, 1.165) is 38.4 Å². The standard InChI is InChI=1S/C13H19FN2O2/c14-12-7-11(10-15)8-13(9-12)18-6-3-16-1-4-17-5-2-16/h7-9H,1-6,10,15H2. The van der Waals surface area contributed by atoms with E-state index in [1.165, 1.54) is 12.1 Å². The lowest BCUT2D eigenvalue weighted by Gasteiger charge is -2.26. The Hall–Kier alpha value is -1.17. The van der Waals surface area contributed by atoms with Crippen molar-refractivity contribution in [1.82, 2.24) is 4.90 Å². The second kappa shape index (κ2) is 6.68. The van der Waals surface area contributed by atoms with Crippen molar-refractivity contribution in [2.24, 2.45) is 5.73 Å². The van der Waals surface area contributed by atoms with Crippen molar-refractivity contribution in [2.45, 2.75) is 6.54 Å². The van der Waals surface area contributed by atoms with Crippen LogP contribution >= 0.6 is 0 Å². The van der Waals surface area contributed by atoms with Crippen molar-refractivity contribution in [3.63, 3.8) is 0 Å². The van der Waals surface area contributed by atoms with Crippen LogP contribution in [0.15, 0.2) is 18.2 Å². The summed E-state index contributed by atoms with van der Waals surface area (Å²) >= 11 is 0. The van der Waals surface area contributed by atoms with Crippen LogP contribution in [0.5, 0.6) is 5.75 Å². The Bertz CT molecular complexity index is 381. The van der Waals surface area contributed by atoms with Gasteiger partial charge in [0.25, 0.3) is 0 Å². The zero-order valence-electron chi connectivity index (χ0n) is 10.4. The highest BCUT2D eigenvalue weighted by molar-refractivity contribution is 5.29. The molecule has 5 heteroatoms. The second-order valence-corrected chi connectivity index (χ2v) is 4.30. The van der Waals surface area contributed by atoms with Crippen LogP contribution in [-0.4, -0.2) is 44.4 Å². The van der Waals surface area contributed by atoms with Crippen molar-refractivity contribution in [3.8, 4) is 5.75 Å². The number of halogens is 1. The van der Waals surface area contributed by atoms with E-state index >= 15 is 0 Å². The summed E-state index contributed by atoms with van der Waals surface area (Å²) in [5, 5.41) is 0. The predicted octanol–water partition coefficient (Wildman–Crippen LogP) is 0.995. The maximum atomic E-state index is 13.2. The third-order valence-corrected chi connectivity index (χ3v) is 2.95. The molecule has 0 bridgehead atoms. The van der Waals surface area contributed by atoms with Crippen LogP contribution in [0.4, 0.5) is 4.39 Å². The molecule has 18 heavy (non-hydrogen) atoms. The summed E-state index contributed by atoms with van der Waals surface area (Å²) < 4.78 is 24.1. The topological polar surface area (TPSA) is 47.7 Å². The van der Waals surface area contributed by atoms with Gasteiger partial charge in [-0.2, -0.15) is 0 Å². The molecule has 1 aliphatic heterocycles. The number of hydrogen-bond donors (Lipinski definition) is 1. The van der Waals surface area contributed by atoms with E-state index < -0.39 is 0 Å². The van der Waals surface area contributed by atoms with Gasteiger partial charge in [0.15, 0.2) is 0 Å². The van der Waals surface area contributed by atoms with E-state index in [0.29, 0.717) is 18.9 Å². The summed E-state index contributed by atoms with van der Waals surface area (Å²) in [5.41, 5.74) is 6.24. The second-order valence-electron chi connectivity index (χ2n) is 4.30. The number of nitrogens with two attached hydrogens (primary N) is 1. The van der Waals surface area contributed by atoms with E-state index in [-0.39, 0.29) is 5.82 Å². The third-order valence-electron chi connectivity index (χ3n) is 2.95. The molecule has 0 radical (unpaired) electrons. The monoisotopic (exact) mass is 254 g/mol. The van der Waals surface area contributed by atoms with Crippen LogP contribution in [0.1, 0.15) is 5.56 Å². The highest BCUT2D eigenvalue weighted by Gasteiger charge is 2.10. The summed E-state index contributed by atoms with van der Waals surface area (Å²) in [6.07, 6.45) is 0. The summed E-state index contributed by atoms with van der Waals surface area (Å²) in [7, 11) is 0. The third kappa shape index (κ3) is 3.94. The molecule has 1 heterocycles. The molecule has 0 aliphatic carbocycles. The lowest BCUT2D eigenvalue weighted by atomic mass is 10.2. The average molecular weight is 254 g/mol. The van der Waals surface area contributed by atoms with Gasteiger partial charge in [-0.15, -0.1) is 0 Å². The van der Waals surface area contributed by atoms with Gasteiger partial charge in [-0.25, -0.2) is 4.39 Å². The smallest absolute Gasteiger partial charge is 0.127 e. The minimum absolute atomic E-state index is 0.306. The molecular formula is C13H19FN2O2. The van der Waals surface area contributed by atoms with E-state index in [1.807, 2.05) is 0 Å². The lowest BCUT2D eigenvalue weighted by molar-refractivity contribution is 0.0322.